The molecule has 0 bridgehead atoms. The Morgan fingerprint density at radius 3 is 2.81 bits per heavy atom. The maximum absolute atomic E-state index is 12.8. The van der Waals surface area contributed by atoms with Crippen LogP contribution < -0.4 is 10.1 Å². The SMILES string of the molecule is CCNC1c2ccccc2OCC1S(=O)CC1CCCC1. The van der Waals surface area contributed by atoms with Gasteiger partial charge in [-0.25, -0.2) is 0 Å². The highest BCUT2D eigenvalue weighted by Crippen LogP contribution is 2.35. The molecule has 1 heterocycles. The molecule has 1 aromatic rings. The van der Waals surface area contributed by atoms with Gasteiger partial charge in [0.05, 0.1) is 11.3 Å². The number of rotatable bonds is 5. The van der Waals surface area contributed by atoms with E-state index in [2.05, 4.69) is 18.3 Å². The van der Waals surface area contributed by atoms with Crippen molar-refractivity contribution in [3.8, 4) is 5.75 Å². The van der Waals surface area contributed by atoms with Crippen LogP contribution in [0.2, 0.25) is 0 Å². The van der Waals surface area contributed by atoms with Crippen LogP contribution in [0.25, 0.3) is 0 Å². The first-order valence-electron chi connectivity index (χ1n) is 8.12. The fourth-order valence-electron chi connectivity index (χ4n) is 3.56. The molecule has 0 saturated heterocycles. The number of nitrogens with one attached hydrogen (secondary N) is 1. The molecule has 4 heteroatoms. The lowest BCUT2D eigenvalue weighted by molar-refractivity contribution is 0.258. The third kappa shape index (κ3) is 3.32. The second kappa shape index (κ2) is 6.93. The van der Waals surface area contributed by atoms with E-state index in [4.69, 9.17) is 4.74 Å². The Hall–Kier alpha value is -0.870. The van der Waals surface area contributed by atoms with Gasteiger partial charge in [-0.3, -0.25) is 4.21 Å². The summed E-state index contributed by atoms with van der Waals surface area (Å²) in [4.78, 5) is 0. The molecule has 1 aromatic carbocycles. The van der Waals surface area contributed by atoms with E-state index in [-0.39, 0.29) is 11.3 Å². The van der Waals surface area contributed by atoms with E-state index in [1.807, 2.05) is 18.2 Å². The monoisotopic (exact) mass is 307 g/mol. The van der Waals surface area contributed by atoms with Crippen LogP contribution in [0.5, 0.6) is 5.75 Å². The number of hydrogen-bond acceptors (Lipinski definition) is 3. The second-order valence-electron chi connectivity index (χ2n) is 6.12. The minimum Gasteiger partial charge on any atom is -0.492 e. The van der Waals surface area contributed by atoms with Crippen LogP contribution in [0.4, 0.5) is 0 Å². The summed E-state index contributed by atoms with van der Waals surface area (Å²) in [6.45, 7) is 3.55. The normalized spacial score (nSPS) is 27.1. The van der Waals surface area contributed by atoms with Crippen molar-refractivity contribution >= 4 is 10.8 Å². The van der Waals surface area contributed by atoms with Crippen molar-refractivity contribution in [3.05, 3.63) is 29.8 Å². The van der Waals surface area contributed by atoms with Crippen LogP contribution in [0, 0.1) is 5.92 Å². The highest BCUT2D eigenvalue weighted by molar-refractivity contribution is 7.85. The lowest BCUT2D eigenvalue weighted by Gasteiger charge is -2.34. The van der Waals surface area contributed by atoms with Crippen molar-refractivity contribution in [3.63, 3.8) is 0 Å². The van der Waals surface area contributed by atoms with Crippen LogP contribution in [0.1, 0.15) is 44.2 Å². The first-order chi connectivity index (χ1) is 10.3. The summed E-state index contributed by atoms with van der Waals surface area (Å²) in [5, 5.41) is 3.59. The molecule has 0 aromatic heterocycles. The molecule has 116 valence electrons. The van der Waals surface area contributed by atoms with Crippen molar-refractivity contribution in [2.24, 2.45) is 5.92 Å². The number of hydrogen-bond donors (Lipinski definition) is 1. The fraction of sp³-hybridized carbons (Fsp3) is 0.647. The molecule has 0 radical (unpaired) electrons. The lowest BCUT2D eigenvalue weighted by Crippen LogP contribution is -2.43. The Balaban J connectivity index is 1.76. The van der Waals surface area contributed by atoms with E-state index < -0.39 is 10.8 Å². The van der Waals surface area contributed by atoms with Gasteiger partial charge in [0.25, 0.3) is 0 Å². The van der Waals surface area contributed by atoms with Gasteiger partial charge in [0.15, 0.2) is 0 Å². The predicted octanol–water partition coefficient (Wildman–Crippen LogP) is 3.04. The number of para-hydroxylation sites is 1. The summed E-state index contributed by atoms with van der Waals surface area (Å²) in [6, 6.07) is 8.30. The Labute approximate surface area is 129 Å². The van der Waals surface area contributed by atoms with Crippen LogP contribution in [0.15, 0.2) is 24.3 Å². The van der Waals surface area contributed by atoms with Gasteiger partial charge in [-0.15, -0.1) is 0 Å². The molecule has 1 aliphatic heterocycles. The molecule has 0 spiro atoms. The molecule has 3 unspecified atom stereocenters. The molecule has 1 fully saturated rings. The van der Waals surface area contributed by atoms with Crippen molar-refractivity contribution < 1.29 is 8.95 Å². The number of ether oxygens (including phenoxy) is 1. The van der Waals surface area contributed by atoms with E-state index in [1.54, 1.807) is 0 Å². The third-order valence-corrected chi connectivity index (χ3v) is 6.55. The standard InChI is InChI=1S/C17H25NO2S/c1-2-18-17-14-9-5-6-10-15(14)20-11-16(17)21(19)12-13-7-3-4-8-13/h5-6,9-10,13,16-18H,2-4,7-8,11-12H2,1H3. The lowest BCUT2D eigenvalue weighted by atomic mass is 10.0. The molecule has 1 saturated carbocycles. The van der Waals surface area contributed by atoms with Crippen LogP contribution in [-0.4, -0.2) is 28.4 Å². The van der Waals surface area contributed by atoms with E-state index in [0.29, 0.717) is 12.5 Å². The van der Waals surface area contributed by atoms with Crippen molar-refractivity contribution in [1.29, 1.82) is 0 Å². The molecule has 1 aliphatic carbocycles. The Morgan fingerprint density at radius 2 is 2.05 bits per heavy atom. The highest BCUT2D eigenvalue weighted by Gasteiger charge is 2.35. The molecular weight excluding hydrogens is 282 g/mol. The quantitative estimate of drug-likeness (QED) is 0.908. The molecule has 3 atom stereocenters. The van der Waals surface area contributed by atoms with Gasteiger partial charge in [-0.05, 0) is 31.4 Å². The molecule has 21 heavy (non-hydrogen) atoms. The topological polar surface area (TPSA) is 38.3 Å². The second-order valence-corrected chi connectivity index (χ2v) is 7.82. The zero-order valence-electron chi connectivity index (χ0n) is 12.7. The first-order valence-corrected chi connectivity index (χ1v) is 9.50. The summed E-state index contributed by atoms with van der Waals surface area (Å²) >= 11 is 0. The Morgan fingerprint density at radius 1 is 1.29 bits per heavy atom. The molecule has 3 rings (SSSR count). The van der Waals surface area contributed by atoms with Gasteiger partial charge < -0.3 is 10.1 Å². The van der Waals surface area contributed by atoms with Gasteiger partial charge in [-0.2, -0.15) is 0 Å². The number of fused-ring (bicyclic) bond motifs is 1. The molecule has 3 nitrogen and oxygen atoms in total. The molecule has 1 N–H and O–H groups in total. The predicted molar refractivity (Wildman–Crippen MR) is 87.1 cm³/mol. The molecular formula is C17H25NO2S. The summed E-state index contributed by atoms with van der Waals surface area (Å²) in [6.07, 6.45) is 5.12. The van der Waals surface area contributed by atoms with Crippen LogP contribution in [-0.2, 0) is 10.8 Å². The van der Waals surface area contributed by atoms with Gasteiger partial charge in [0.1, 0.15) is 12.4 Å². The minimum atomic E-state index is -0.823. The minimum absolute atomic E-state index is 0.0699. The van der Waals surface area contributed by atoms with Gasteiger partial charge in [-0.1, -0.05) is 38.0 Å². The zero-order chi connectivity index (χ0) is 14.7. The van der Waals surface area contributed by atoms with Gasteiger partial charge in [0.2, 0.25) is 0 Å². The Kier molecular flexibility index (Phi) is 4.96. The fourth-order valence-corrected chi connectivity index (χ4v) is 5.37. The third-order valence-electron chi connectivity index (χ3n) is 4.67. The van der Waals surface area contributed by atoms with E-state index in [1.165, 1.54) is 25.7 Å². The van der Waals surface area contributed by atoms with Gasteiger partial charge >= 0.3 is 0 Å². The van der Waals surface area contributed by atoms with E-state index >= 15 is 0 Å². The summed E-state index contributed by atoms with van der Waals surface area (Å²) in [7, 11) is -0.823. The zero-order valence-corrected chi connectivity index (χ0v) is 13.5. The van der Waals surface area contributed by atoms with Crippen LogP contribution in [0.3, 0.4) is 0 Å². The number of benzene rings is 1. The van der Waals surface area contributed by atoms with E-state index in [9.17, 15) is 4.21 Å². The maximum Gasteiger partial charge on any atom is 0.124 e. The molecule has 2 aliphatic rings. The summed E-state index contributed by atoms with van der Waals surface area (Å²) < 4.78 is 18.7. The van der Waals surface area contributed by atoms with E-state index in [0.717, 1.165) is 23.6 Å². The first kappa shape index (κ1) is 15.0. The largest absolute Gasteiger partial charge is 0.492 e. The summed E-state index contributed by atoms with van der Waals surface area (Å²) in [5.41, 5.74) is 1.16. The maximum atomic E-state index is 12.8. The Bertz CT molecular complexity index is 499. The van der Waals surface area contributed by atoms with Crippen molar-refractivity contribution in [2.45, 2.75) is 43.9 Å². The van der Waals surface area contributed by atoms with Gasteiger partial charge in [0, 0.05) is 22.1 Å². The highest BCUT2D eigenvalue weighted by atomic mass is 32.2. The molecule has 0 amide bonds. The van der Waals surface area contributed by atoms with Crippen molar-refractivity contribution in [1.82, 2.24) is 5.32 Å². The van der Waals surface area contributed by atoms with Crippen molar-refractivity contribution in [2.75, 3.05) is 18.9 Å². The van der Waals surface area contributed by atoms with Crippen LogP contribution >= 0.6 is 0 Å². The summed E-state index contributed by atoms with van der Waals surface area (Å²) in [5.74, 6) is 2.45. The average Bonchev–Trinajstić information content (AvgIpc) is 3.00. The average molecular weight is 307 g/mol. The smallest absolute Gasteiger partial charge is 0.124 e.